The number of nitrogens with one attached hydrogen (secondary N) is 1. The molecule has 1 aromatic heterocycles. The first-order valence-corrected chi connectivity index (χ1v) is 4.87. The molecule has 2 aromatic rings. The van der Waals surface area contributed by atoms with Gasteiger partial charge in [-0.1, -0.05) is 6.07 Å². The summed E-state index contributed by atoms with van der Waals surface area (Å²) < 4.78 is 15.0. The highest BCUT2D eigenvalue weighted by molar-refractivity contribution is 5.43. The fourth-order valence-corrected chi connectivity index (χ4v) is 1.89. The molecule has 2 heterocycles. The Labute approximate surface area is 86.5 Å². The maximum atomic E-state index is 13.2. The molecular formula is C11H10FN3. The van der Waals surface area contributed by atoms with Crippen molar-refractivity contribution in [3.8, 4) is 5.69 Å². The summed E-state index contributed by atoms with van der Waals surface area (Å²) in [5, 5.41) is 7.49. The second-order valence-corrected chi connectivity index (χ2v) is 3.61. The number of fused-ring (bicyclic) bond motifs is 3. The maximum absolute atomic E-state index is 13.2. The van der Waals surface area contributed by atoms with E-state index in [-0.39, 0.29) is 5.82 Å². The zero-order valence-corrected chi connectivity index (χ0v) is 8.07. The lowest BCUT2D eigenvalue weighted by Crippen LogP contribution is -2.10. The second kappa shape index (κ2) is 3.17. The van der Waals surface area contributed by atoms with Crippen LogP contribution in [0.25, 0.3) is 5.69 Å². The lowest BCUT2D eigenvalue weighted by Gasteiger charge is -2.07. The zero-order valence-electron chi connectivity index (χ0n) is 8.07. The van der Waals surface area contributed by atoms with Crippen LogP contribution in [-0.2, 0) is 13.1 Å². The van der Waals surface area contributed by atoms with Crippen LogP contribution >= 0.6 is 0 Å². The summed E-state index contributed by atoms with van der Waals surface area (Å²) in [6.45, 7) is 1.51. The Balaban J connectivity index is 2.27. The quantitative estimate of drug-likeness (QED) is 0.705. The minimum atomic E-state index is -0.225. The molecular weight excluding hydrogens is 193 g/mol. The highest BCUT2D eigenvalue weighted by atomic mass is 19.1. The molecule has 1 aromatic carbocycles. The molecule has 3 rings (SSSR count). The highest BCUT2D eigenvalue weighted by Gasteiger charge is 2.13. The van der Waals surface area contributed by atoms with Gasteiger partial charge in [-0.25, -0.2) is 9.07 Å². The third-order valence-electron chi connectivity index (χ3n) is 2.62. The molecule has 0 aliphatic carbocycles. The van der Waals surface area contributed by atoms with Gasteiger partial charge in [-0.3, -0.25) is 0 Å². The largest absolute Gasteiger partial charge is 0.307 e. The van der Waals surface area contributed by atoms with E-state index in [0.29, 0.717) is 0 Å². The van der Waals surface area contributed by atoms with Gasteiger partial charge in [0.1, 0.15) is 5.82 Å². The molecule has 0 bridgehead atoms. The summed E-state index contributed by atoms with van der Waals surface area (Å²) >= 11 is 0. The van der Waals surface area contributed by atoms with E-state index in [4.69, 9.17) is 0 Å². The molecule has 0 unspecified atom stereocenters. The van der Waals surface area contributed by atoms with Gasteiger partial charge in [-0.05, 0) is 23.8 Å². The normalized spacial score (nSPS) is 14.2. The van der Waals surface area contributed by atoms with Crippen LogP contribution < -0.4 is 5.32 Å². The van der Waals surface area contributed by atoms with Gasteiger partial charge in [0.25, 0.3) is 0 Å². The van der Waals surface area contributed by atoms with Crippen molar-refractivity contribution in [2.75, 3.05) is 0 Å². The summed E-state index contributed by atoms with van der Waals surface area (Å²) in [7, 11) is 0. The summed E-state index contributed by atoms with van der Waals surface area (Å²) in [6.07, 6.45) is 1.73. The van der Waals surface area contributed by atoms with E-state index in [2.05, 4.69) is 10.4 Å². The first kappa shape index (κ1) is 8.61. The summed E-state index contributed by atoms with van der Waals surface area (Å²) in [5.74, 6) is -0.225. The van der Waals surface area contributed by atoms with Gasteiger partial charge in [-0.2, -0.15) is 5.10 Å². The van der Waals surface area contributed by atoms with Crippen LogP contribution in [0.3, 0.4) is 0 Å². The van der Waals surface area contributed by atoms with Crippen LogP contribution in [0.15, 0.2) is 30.5 Å². The van der Waals surface area contributed by atoms with Gasteiger partial charge < -0.3 is 5.32 Å². The highest BCUT2D eigenvalue weighted by Crippen LogP contribution is 2.20. The average molecular weight is 203 g/mol. The van der Waals surface area contributed by atoms with Crippen molar-refractivity contribution >= 4 is 0 Å². The molecule has 0 spiro atoms. The third-order valence-corrected chi connectivity index (χ3v) is 2.62. The van der Waals surface area contributed by atoms with Crippen molar-refractivity contribution in [2.45, 2.75) is 13.1 Å². The topological polar surface area (TPSA) is 29.9 Å². The Kier molecular flexibility index (Phi) is 1.82. The van der Waals surface area contributed by atoms with Crippen molar-refractivity contribution in [3.05, 3.63) is 47.5 Å². The first-order chi connectivity index (χ1) is 7.34. The van der Waals surface area contributed by atoms with E-state index in [1.165, 1.54) is 12.1 Å². The Morgan fingerprint density at radius 2 is 2.20 bits per heavy atom. The fraction of sp³-hybridized carbons (Fsp3) is 0.182. The first-order valence-electron chi connectivity index (χ1n) is 4.87. The van der Waals surface area contributed by atoms with Crippen LogP contribution in [0.5, 0.6) is 0 Å². The molecule has 0 saturated carbocycles. The van der Waals surface area contributed by atoms with Crippen molar-refractivity contribution < 1.29 is 4.39 Å². The molecule has 1 aliphatic heterocycles. The predicted molar refractivity (Wildman–Crippen MR) is 54.1 cm³/mol. The minimum Gasteiger partial charge on any atom is -0.307 e. The van der Waals surface area contributed by atoms with Crippen LogP contribution in [-0.4, -0.2) is 9.78 Å². The molecule has 0 fully saturated rings. The van der Waals surface area contributed by atoms with Crippen LogP contribution in [0.2, 0.25) is 0 Å². The molecule has 0 saturated heterocycles. The van der Waals surface area contributed by atoms with Crippen molar-refractivity contribution in [2.24, 2.45) is 0 Å². The number of hydrogen-bond acceptors (Lipinski definition) is 2. The average Bonchev–Trinajstić information content (AvgIpc) is 2.62. The zero-order chi connectivity index (χ0) is 10.3. The monoisotopic (exact) mass is 203 g/mol. The summed E-state index contributed by atoms with van der Waals surface area (Å²) in [5.41, 5.74) is 2.96. The Bertz CT molecular complexity index is 504. The van der Waals surface area contributed by atoms with E-state index < -0.39 is 0 Å². The maximum Gasteiger partial charge on any atom is 0.125 e. The number of rotatable bonds is 0. The summed E-state index contributed by atoms with van der Waals surface area (Å²) in [6, 6.07) is 6.75. The van der Waals surface area contributed by atoms with E-state index in [9.17, 15) is 4.39 Å². The number of aromatic nitrogens is 2. The van der Waals surface area contributed by atoms with Crippen molar-refractivity contribution in [1.29, 1.82) is 0 Å². The second-order valence-electron chi connectivity index (χ2n) is 3.61. The molecule has 3 nitrogen and oxygen atoms in total. The fourth-order valence-electron chi connectivity index (χ4n) is 1.89. The van der Waals surface area contributed by atoms with Crippen LogP contribution in [0.4, 0.5) is 4.39 Å². The Hall–Kier alpha value is -1.68. The van der Waals surface area contributed by atoms with E-state index in [1.807, 2.05) is 6.07 Å². The number of benzene rings is 1. The standard InChI is InChI=1S/C11H10FN3/c12-9-2-1-8-6-13-7-10-3-4-14-15(10)11(8)5-9/h1-5,13H,6-7H2. The van der Waals surface area contributed by atoms with E-state index in [0.717, 1.165) is 30.0 Å². The van der Waals surface area contributed by atoms with Gasteiger partial charge in [0, 0.05) is 19.3 Å². The van der Waals surface area contributed by atoms with Gasteiger partial charge >= 0.3 is 0 Å². The van der Waals surface area contributed by atoms with Gasteiger partial charge in [0.2, 0.25) is 0 Å². The van der Waals surface area contributed by atoms with Crippen molar-refractivity contribution in [1.82, 2.24) is 15.1 Å². The van der Waals surface area contributed by atoms with Gasteiger partial charge in [-0.15, -0.1) is 0 Å². The van der Waals surface area contributed by atoms with Gasteiger partial charge in [0.05, 0.1) is 11.4 Å². The Morgan fingerprint density at radius 3 is 3.13 bits per heavy atom. The molecule has 0 amide bonds. The van der Waals surface area contributed by atoms with E-state index >= 15 is 0 Å². The number of hydrogen-bond donors (Lipinski definition) is 1. The molecule has 1 aliphatic rings. The third kappa shape index (κ3) is 1.34. The van der Waals surface area contributed by atoms with Crippen molar-refractivity contribution in [3.63, 3.8) is 0 Å². The smallest absolute Gasteiger partial charge is 0.125 e. The minimum absolute atomic E-state index is 0.225. The Morgan fingerprint density at radius 1 is 1.27 bits per heavy atom. The lowest BCUT2D eigenvalue weighted by atomic mass is 10.2. The molecule has 15 heavy (non-hydrogen) atoms. The van der Waals surface area contributed by atoms with E-state index in [1.54, 1.807) is 16.9 Å². The molecule has 76 valence electrons. The van der Waals surface area contributed by atoms with Crippen LogP contribution in [0.1, 0.15) is 11.3 Å². The lowest BCUT2D eigenvalue weighted by molar-refractivity contribution is 0.624. The summed E-state index contributed by atoms with van der Waals surface area (Å²) in [4.78, 5) is 0. The molecule has 4 heteroatoms. The molecule has 0 radical (unpaired) electrons. The molecule has 0 atom stereocenters. The van der Waals surface area contributed by atoms with Gasteiger partial charge in [0.15, 0.2) is 0 Å². The number of nitrogens with zero attached hydrogens (tertiary/aromatic N) is 2. The SMILES string of the molecule is Fc1ccc2c(c1)-n1nccc1CNC2. The predicted octanol–water partition coefficient (Wildman–Crippen LogP) is 1.61. The van der Waals surface area contributed by atoms with Crippen LogP contribution in [0, 0.1) is 5.82 Å². The molecule has 1 N–H and O–H groups in total. The number of halogens is 1.